The molecule has 3 aromatic rings. The molecule has 0 aliphatic carbocycles. The highest BCUT2D eigenvalue weighted by molar-refractivity contribution is 5.93. The van der Waals surface area contributed by atoms with Crippen molar-refractivity contribution in [3.63, 3.8) is 0 Å². The minimum absolute atomic E-state index is 0.0755. The zero-order chi connectivity index (χ0) is 23.6. The van der Waals surface area contributed by atoms with Gasteiger partial charge in [-0.05, 0) is 42.7 Å². The Kier molecular flexibility index (Phi) is 8.76. The Morgan fingerprint density at radius 3 is 2.38 bits per heavy atom. The molecule has 8 nitrogen and oxygen atoms in total. The van der Waals surface area contributed by atoms with Gasteiger partial charge in [-0.1, -0.05) is 61.9 Å². The lowest BCUT2D eigenvalue weighted by Gasteiger charge is -2.34. The molecule has 1 aliphatic heterocycles. The molecule has 0 bridgehead atoms. The summed E-state index contributed by atoms with van der Waals surface area (Å²) >= 11 is 0. The van der Waals surface area contributed by atoms with Crippen LogP contribution in [0.4, 0.5) is 5.69 Å². The Bertz CT molecular complexity index is 1030. The molecule has 8 heteroatoms. The van der Waals surface area contributed by atoms with Crippen molar-refractivity contribution in [2.24, 2.45) is 0 Å². The molecule has 2 heterocycles. The molecule has 1 fully saturated rings. The Morgan fingerprint density at radius 1 is 0.882 bits per heavy atom. The van der Waals surface area contributed by atoms with Crippen molar-refractivity contribution in [2.45, 2.75) is 39.2 Å². The topological polar surface area (TPSA) is 79.2 Å². The summed E-state index contributed by atoms with van der Waals surface area (Å²) in [6.07, 6.45) is 4.26. The second kappa shape index (κ2) is 12.4. The first-order valence-corrected chi connectivity index (χ1v) is 12.4. The summed E-state index contributed by atoms with van der Waals surface area (Å²) in [6, 6.07) is 18.0. The van der Waals surface area contributed by atoms with E-state index in [1.807, 2.05) is 48.5 Å². The number of tetrazole rings is 1. The van der Waals surface area contributed by atoms with Crippen LogP contribution in [0.5, 0.6) is 0 Å². The molecular weight excluding hydrogens is 426 g/mol. The van der Waals surface area contributed by atoms with Crippen molar-refractivity contribution in [2.75, 3.05) is 44.6 Å². The molecule has 1 N–H and O–H groups in total. The fourth-order valence-corrected chi connectivity index (χ4v) is 4.32. The van der Waals surface area contributed by atoms with E-state index in [2.05, 4.69) is 43.5 Å². The van der Waals surface area contributed by atoms with Gasteiger partial charge < -0.3 is 10.2 Å². The summed E-state index contributed by atoms with van der Waals surface area (Å²) in [7, 11) is 0. The van der Waals surface area contributed by atoms with E-state index in [1.54, 1.807) is 4.80 Å². The predicted molar refractivity (Wildman–Crippen MR) is 134 cm³/mol. The molecule has 2 aromatic carbocycles. The maximum absolute atomic E-state index is 12.5. The lowest BCUT2D eigenvalue weighted by atomic mass is 10.1. The van der Waals surface area contributed by atoms with E-state index in [4.69, 9.17) is 0 Å². The summed E-state index contributed by atoms with van der Waals surface area (Å²) in [5.74, 6) is 0.758. The van der Waals surface area contributed by atoms with Gasteiger partial charge in [0.05, 0.1) is 13.1 Å². The summed E-state index contributed by atoms with van der Waals surface area (Å²) in [5, 5.41) is 15.9. The molecule has 0 atom stereocenters. The number of carbonyl (C=O) groups excluding carboxylic acids is 1. The summed E-state index contributed by atoms with van der Waals surface area (Å²) in [4.78, 5) is 18.9. The molecule has 180 valence electrons. The highest BCUT2D eigenvalue weighted by Gasteiger charge is 2.19. The SMILES string of the molecule is CCc1ccccc1NC(=O)CN1CCN(CCCCCn2nnc(-c3ccccc3)n2)CC1. The van der Waals surface area contributed by atoms with E-state index in [1.165, 1.54) is 5.56 Å². The van der Waals surface area contributed by atoms with Crippen LogP contribution in [-0.4, -0.2) is 75.2 Å². The quantitative estimate of drug-likeness (QED) is 0.441. The number of amides is 1. The summed E-state index contributed by atoms with van der Waals surface area (Å²) < 4.78 is 0. The van der Waals surface area contributed by atoms with Gasteiger partial charge in [0.1, 0.15) is 0 Å². The van der Waals surface area contributed by atoms with Crippen LogP contribution in [0.25, 0.3) is 11.4 Å². The molecule has 0 unspecified atom stereocenters. The van der Waals surface area contributed by atoms with Crippen LogP contribution in [0, 0.1) is 0 Å². The third kappa shape index (κ3) is 6.95. The number of nitrogens with one attached hydrogen (secondary N) is 1. The maximum Gasteiger partial charge on any atom is 0.238 e. The molecule has 1 aromatic heterocycles. The van der Waals surface area contributed by atoms with E-state index < -0.39 is 0 Å². The lowest BCUT2D eigenvalue weighted by molar-refractivity contribution is -0.117. The second-order valence-corrected chi connectivity index (χ2v) is 8.81. The van der Waals surface area contributed by atoms with Gasteiger partial charge in [0.2, 0.25) is 11.7 Å². The number of rotatable bonds is 11. The predicted octanol–water partition coefficient (Wildman–Crippen LogP) is 3.33. The van der Waals surface area contributed by atoms with E-state index >= 15 is 0 Å². The first-order valence-electron chi connectivity index (χ1n) is 12.4. The van der Waals surface area contributed by atoms with Crippen molar-refractivity contribution < 1.29 is 4.79 Å². The molecule has 4 rings (SSSR count). The van der Waals surface area contributed by atoms with Gasteiger partial charge in [0, 0.05) is 37.4 Å². The first-order chi connectivity index (χ1) is 16.7. The van der Waals surface area contributed by atoms with Gasteiger partial charge in [-0.15, -0.1) is 10.2 Å². The summed E-state index contributed by atoms with van der Waals surface area (Å²) in [5.41, 5.74) is 3.11. The number of unbranched alkanes of at least 4 members (excludes halogenated alkanes) is 2. The largest absolute Gasteiger partial charge is 0.325 e. The zero-order valence-electron chi connectivity index (χ0n) is 20.1. The van der Waals surface area contributed by atoms with Gasteiger partial charge in [-0.3, -0.25) is 9.69 Å². The van der Waals surface area contributed by atoms with Crippen LogP contribution in [0.1, 0.15) is 31.7 Å². The molecule has 0 spiro atoms. The minimum Gasteiger partial charge on any atom is -0.325 e. The number of piperazine rings is 1. The standard InChI is InChI=1S/C26H35N7O/c1-2-22-11-7-8-14-24(22)27-25(34)21-32-19-17-31(18-20-32)15-9-4-10-16-33-29-26(28-30-33)23-12-5-3-6-13-23/h3,5-8,11-14H,2,4,9-10,15-21H2,1H3,(H,27,34). The van der Waals surface area contributed by atoms with E-state index in [9.17, 15) is 4.79 Å². The van der Waals surface area contributed by atoms with E-state index in [0.717, 1.165) is 76.2 Å². The highest BCUT2D eigenvalue weighted by Crippen LogP contribution is 2.16. The molecule has 1 aliphatic rings. The van der Waals surface area contributed by atoms with Crippen LogP contribution < -0.4 is 5.32 Å². The molecule has 0 saturated carbocycles. The van der Waals surface area contributed by atoms with Gasteiger partial charge in [-0.2, -0.15) is 4.80 Å². The number of benzene rings is 2. The number of hydrogen-bond acceptors (Lipinski definition) is 6. The zero-order valence-corrected chi connectivity index (χ0v) is 20.1. The number of para-hydroxylation sites is 1. The van der Waals surface area contributed by atoms with E-state index in [-0.39, 0.29) is 5.91 Å². The van der Waals surface area contributed by atoms with Crippen molar-refractivity contribution in [1.29, 1.82) is 0 Å². The number of carbonyl (C=O) groups is 1. The highest BCUT2D eigenvalue weighted by atomic mass is 16.2. The Morgan fingerprint density at radius 2 is 1.59 bits per heavy atom. The Labute approximate surface area is 201 Å². The van der Waals surface area contributed by atoms with Gasteiger partial charge >= 0.3 is 0 Å². The number of aryl methyl sites for hydroxylation is 2. The van der Waals surface area contributed by atoms with Gasteiger partial charge in [0.25, 0.3) is 0 Å². The lowest BCUT2D eigenvalue weighted by Crippen LogP contribution is -2.48. The molecule has 1 amide bonds. The molecule has 34 heavy (non-hydrogen) atoms. The average Bonchev–Trinajstić information content (AvgIpc) is 3.35. The van der Waals surface area contributed by atoms with Crippen LogP contribution in [0.3, 0.4) is 0 Å². The van der Waals surface area contributed by atoms with E-state index in [0.29, 0.717) is 12.4 Å². The van der Waals surface area contributed by atoms with Crippen molar-refractivity contribution in [3.05, 3.63) is 60.2 Å². The van der Waals surface area contributed by atoms with Crippen LogP contribution in [-0.2, 0) is 17.8 Å². The number of anilines is 1. The third-order valence-corrected chi connectivity index (χ3v) is 6.32. The fourth-order valence-electron chi connectivity index (χ4n) is 4.32. The molecule has 1 saturated heterocycles. The van der Waals surface area contributed by atoms with Gasteiger partial charge in [0.15, 0.2) is 0 Å². The molecular formula is C26H35N7O. The summed E-state index contributed by atoms with van der Waals surface area (Å²) in [6.45, 7) is 8.38. The molecule has 0 radical (unpaired) electrons. The Hall–Kier alpha value is -3.10. The third-order valence-electron chi connectivity index (χ3n) is 6.32. The number of nitrogens with zero attached hydrogens (tertiary/aromatic N) is 6. The van der Waals surface area contributed by atoms with Crippen molar-refractivity contribution in [1.82, 2.24) is 30.0 Å². The first kappa shape index (κ1) is 24.0. The smallest absolute Gasteiger partial charge is 0.238 e. The Balaban J connectivity index is 1.09. The normalized spacial score (nSPS) is 14.9. The minimum atomic E-state index is 0.0755. The average molecular weight is 462 g/mol. The second-order valence-electron chi connectivity index (χ2n) is 8.81. The van der Waals surface area contributed by atoms with Crippen LogP contribution in [0.15, 0.2) is 54.6 Å². The number of aromatic nitrogens is 4. The van der Waals surface area contributed by atoms with Crippen molar-refractivity contribution >= 4 is 11.6 Å². The maximum atomic E-state index is 12.5. The van der Waals surface area contributed by atoms with Crippen LogP contribution in [0.2, 0.25) is 0 Å². The van der Waals surface area contributed by atoms with Gasteiger partial charge in [-0.25, -0.2) is 0 Å². The van der Waals surface area contributed by atoms with Crippen LogP contribution >= 0.6 is 0 Å². The monoisotopic (exact) mass is 461 g/mol. The van der Waals surface area contributed by atoms with Crippen molar-refractivity contribution in [3.8, 4) is 11.4 Å². The fraction of sp³-hybridized carbons (Fsp3) is 0.462. The number of hydrogen-bond donors (Lipinski definition) is 1.